The highest BCUT2D eigenvalue weighted by Crippen LogP contribution is 2.27. The normalized spacial score (nSPS) is 17.2. The fraction of sp³-hybridized carbons (Fsp3) is 0.350. The van der Waals surface area contributed by atoms with E-state index in [0.717, 1.165) is 24.9 Å². The number of nitrogens with one attached hydrogen (secondary N) is 1. The monoisotopic (exact) mass is 386 g/mol. The lowest BCUT2D eigenvalue weighted by molar-refractivity contribution is -0.122. The van der Waals surface area contributed by atoms with Crippen molar-refractivity contribution in [3.63, 3.8) is 0 Å². The Labute approximate surface area is 161 Å². The van der Waals surface area contributed by atoms with Crippen LogP contribution in [0.2, 0.25) is 0 Å². The molecule has 1 aromatic heterocycles. The number of hydrogen-bond acceptors (Lipinski definition) is 5. The van der Waals surface area contributed by atoms with Crippen molar-refractivity contribution in [2.45, 2.75) is 25.3 Å². The second kappa shape index (κ2) is 8.71. The highest BCUT2D eigenvalue weighted by molar-refractivity contribution is 5.87. The quantitative estimate of drug-likeness (QED) is 0.667. The van der Waals surface area contributed by atoms with Crippen LogP contribution in [0.4, 0.5) is 0 Å². The SMILES string of the molecule is O=C(CN1CCC[C@H](c2cccc(C(=O)O)c2)C1)NCc1ccc(C(=O)O)o1. The first-order valence-corrected chi connectivity index (χ1v) is 9.06. The van der Waals surface area contributed by atoms with Crippen LogP contribution in [0.5, 0.6) is 0 Å². The highest BCUT2D eigenvalue weighted by atomic mass is 16.4. The summed E-state index contributed by atoms with van der Waals surface area (Å²) in [6, 6.07) is 9.83. The molecule has 0 spiro atoms. The zero-order valence-corrected chi connectivity index (χ0v) is 15.3. The molecule has 0 bridgehead atoms. The first-order valence-electron chi connectivity index (χ1n) is 9.06. The van der Waals surface area contributed by atoms with Crippen molar-refractivity contribution < 1.29 is 29.0 Å². The van der Waals surface area contributed by atoms with E-state index in [-0.39, 0.29) is 36.2 Å². The molecule has 3 N–H and O–H groups in total. The first-order chi connectivity index (χ1) is 13.4. The third-order valence-corrected chi connectivity index (χ3v) is 4.81. The van der Waals surface area contributed by atoms with Crippen LogP contribution in [0.1, 0.15) is 51.0 Å². The van der Waals surface area contributed by atoms with Gasteiger partial charge >= 0.3 is 11.9 Å². The number of nitrogens with zero attached hydrogens (tertiary/aromatic N) is 1. The van der Waals surface area contributed by atoms with E-state index in [4.69, 9.17) is 14.6 Å². The van der Waals surface area contributed by atoms with Gasteiger partial charge < -0.3 is 19.9 Å². The van der Waals surface area contributed by atoms with E-state index in [2.05, 4.69) is 5.32 Å². The highest BCUT2D eigenvalue weighted by Gasteiger charge is 2.23. The van der Waals surface area contributed by atoms with Crippen LogP contribution in [0.3, 0.4) is 0 Å². The van der Waals surface area contributed by atoms with Crippen molar-refractivity contribution in [3.05, 3.63) is 59.0 Å². The molecule has 1 atom stereocenters. The molecule has 1 amide bonds. The lowest BCUT2D eigenvalue weighted by Gasteiger charge is -2.32. The topological polar surface area (TPSA) is 120 Å². The lowest BCUT2D eigenvalue weighted by atomic mass is 9.89. The third kappa shape index (κ3) is 4.98. The summed E-state index contributed by atoms with van der Waals surface area (Å²) in [4.78, 5) is 36.2. The van der Waals surface area contributed by atoms with Gasteiger partial charge in [-0.1, -0.05) is 12.1 Å². The second-order valence-electron chi connectivity index (χ2n) is 6.85. The zero-order valence-electron chi connectivity index (χ0n) is 15.3. The van der Waals surface area contributed by atoms with Crippen LogP contribution < -0.4 is 5.32 Å². The Kier molecular flexibility index (Phi) is 6.10. The maximum absolute atomic E-state index is 12.2. The minimum atomic E-state index is -1.15. The molecule has 1 aromatic carbocycles. The maximum Gasteiger partial charge on any atom is 0.371 e. The van der Waals surface area contributed by atoms with E-state index in [1.807, 2.05) is 11.0 Å². The minimum Gasteiger partial charge on any atom is -0.478 e. The van der Waals surface area contributed by atoms with Gasteiger partial charge in [0, 0.05) is 6.54 Å². The molecular weight excluding hydrogens is 364 g/mol. The van der Waals surface area contributed by atoms with Crippen LogP contribution in [0, 0.1) is 0 Å². The van der Waals surface area contributed by atoms with Gasteiger partial charge in [-0.25, -0.2) is 9.59 Å². The molecule has 2 heterocycles. The van der Waals surface area contributed by atoms with E-state index in [0.29, 0.717) is 12.3 Å². The number of carboxylic acids is 2. The van der Waals surface area contributed by atoms with Crippen molar-refractivity contribution >= 4 is 17.8 Å². The summed E-state index contributed by atoms with van der Waals surface area (Å²) in [6.07, 6.45) is 1.88. The molecule has 28 heavy (non-hydrogen) atoms. The number of carboxylic acid groups (broad SMARTS) is 2. The molecule has 0 saturated carbocycles. The van der Waals surface area contributed by atoms with Crippen molar-refractivity contribution in [2.75, 3.05) is 19.6 Å². The van der Waals surface area contributed by atoms with Gasteiger partial charge in [0.15, 0.2) is 0 Å². The summed E-state index contributed by atoms with van der Waals surface area (Å²) < 4.78 is 5.12. The summed E-state index contributed by atoms with van der Waals surface area (Å²) in [6.45, 7) is 1.83. The Bertz CT molecular complexity index is 875. The minimum absolute atomic E-state index is 0.129. The number of carbonyl (C=O) groups is 3. The summed E-state index contributed by atoms with van der Waals surface area (Å²) >= 11 is 0. The third-order valence-electron chi connectivity index (χ3n) is 4.81. The number of amides is 1. The number of furan rings is 1. The van der Waals surface area contributed by atoms with Gasteiger partial charge in [0.05, 0.1) is 18.7 Å². The summed E-state index contributed by atoms with van der Waals surface area (Å²) in [5.74, 6) is -1.86. The first kappa shape index (κ1) is 19.6. The Hall–Kier alpha value is -3.13. The van der Waals surface area contributed by atoms with Crippen LogP contribution in [0.15, 0.2) is 40.8 Å². The van der Waals surface area contributed by atoms with Crippen molar-refractivity contribution in [2.24, 2.45) is 0 Å². The zero-order chi connectivity index (χ0) is 20.1. The molecule has 1 saturated heterocycles. The maximum atomic E-state index is 12.2. The Morgan fingerprint density at radius 1 is 1.14 bits per heavy atom. The largest absolute Gasteiger partial charge is 0.478 e. The van der Waals surface area contributed by atoms with Crippen LogP contribution in [-0.4, -0.2) is 52.6 Å². The van der Waals surface area contributed by atoms with Gasteiger partial charge in [-0.15, -0.1) is 0 Å². The Morgan fingerprint density at radius 3 is 2.68 bits per heavy atom. The van der Waals surface area contributed by atoms with Gasteiger partial charge in [-0.2, -0.15) is 0 Å². The number of benzene rings is 1. The number of piperidine rings is 1. The fourth-order valence-electron chi connectivity index (χ4n) is 3.43. The second-order valence-corrected chi connectivity index (χ2v) is 6.85. The lowest BCUT2D eigenvalue weighted by Crippen LogP contribution is -2.41. The summed E-state index contributed by atoms with van der Waals surface area (Å²) in [7, 11) is 0. The van der Waals surface area contributed by atoms with E-state index in [1.165, 1.54) is 12.1 Å². The molecule has 0 aliphatic carbocycles. The van der Waals surface area contributed by atoms with E-state index in [1.54, 1.807) is 18.2 Å². The molecule has 1 aliphatic rings. The molecule has 1 aliphatic heterocycles. The van der Waals surface area contributed by atoms with Gasteiger partial charge in [-0.3, -0.25) is 9.69 Å². The van der Waals surface area contributed by atoms with Crippen LogP contribution >= 0.6 is 0 Å². The number of aromatic carboxylic acids is 2. The summed E-state index contributed by atoms with van der Waals surface area (Å²) in [5, 5.41) is 20.7. The van der Waals surface area contributed by atoms with Crippen molar-refractivity contribution in [1.29, 1.82) is 0 Å². The standard InChI is InChI=1S/C20H22N2O6/c23-18(21-10-16-6-7-17(28-16)20(26)27)12-22-8-2-5-15(11-22)13-3-1-4-14(9-13)19(24)25/h1,3-4,6-7,9,15H,2,5,8,10-12H2,(H,21,23)(H,24,25)(H,26,27)/t15-/m0/s1. The number of carbonyl (C=O) groups excluding carboxylic acids is 1. The molecule has 2 aromatic rings. The predicted octanol–water partition coefficient (Wildman–Crippen LogP) is 2.17. The number of hydrogen-bond donors (Lipinski definition) is 3. The van der Waals surface area contributed by atoms with Crippen LogP contribution in [-0.2, 0) is 11.3 Å². The van der Waals surface area contributed by atoms with Gasteiger partial charge in [0.2, 0.25) is 11.7 Å². The number of rotatable bonds is 7. The average Bonchev–Trinajstić information content (AvgIpc) is 3.16. The molecule has 0 radical (unpaired) electrons. The molecule has 3 rings (SSSR count). The van der Waals surface area contributed by atoms with E-state index >= 15 is 0 Å². The van der Waals surface area contributed by atoms with E-state index < -0.39 is 11.9 Å². The molecular formula is C20H22N2O6. The van der Waals surface area contributed by atoms with E-state index in [9.17, 15) is 14.4 Å². The van der Waals surface area contributed by atoms with Crippen LogP contribution in [0.25, 0.3) is 0 Å². The Balaban J connectivity index is 1.52. The van der Waals surface area contributed by atoms with Gasteiger partial charge in [0.1, 0.15) is 5.76 Å². The van der Waals surface area contributed by atoms with Gasteiger partial charge in [-0.05, 0) is 55.1 Å². The smallest absolute Gasteiger partial charge is 0.371 e. The Morgan fingerprint density at radius 2 is 1.96 bits per heavy atom. The van der Waals surface area contributed by atoms with Crippen molar-refractivity contribution in [3.8, 4) is 0 Å². The fourth-order valence-corrected chi connectivity index (χ4v) is 3.43. The molecule has 8 nitrogen and oxygen atoms in total. The predicted molar refractivity (Wildman–Crippen MR) is 99.3 cm³/mol. The molecule has 0 unspecified atom stereocenters. The molecule has 148 valence electrons. The number of likely N-dealkylation sites (tertiary alicyclic amines) is 1. The molecule has 1 fully saturated rings. The average molecular weight is 386 g/mol. The van der Waals surface area contributed by atoms with Crippen molar-refractivity contribution in [1.82, 2.24) is 10.2 Å². The molecule has 8 heteroatoms. The summed E-state index contributed by atoms with van der Waals surface area (Å²) in [5.41, 5.74) is 1.24. The van der Waals surface area contributed by atoms with Gasteiger partial charge in [0.25, 0.3) is 0 Å².